The number of nitrogens with one attached hydrogen (secondary N) is 1. The fourth-order valence-electron chi connectivity index (χ4n) is 3.66. The highest BCUT2D eigenvalue weighted by molar-refractivity contribution is 7.14. The fraction of sp³-hybridized carbons (Fsp3) is 0.0769. The van der Waals surface area contributed by atoms with Crippen LogP contribution in [0.5, 0.6) is 11.5 Å². The van der Waals surface area contributed by atoms with E-state index in [4.69, 9.17) is 9.47 Å². The summed E-state index contributed by atoms with van der Waals surface area (Å²) >= 11 is 1.31. The number of amides is 1. The maximum Gasteiger partial charge on any atom is 0.265 e. The van der Waals surface area contributed by atoms with Crippen LogP contribution in [-0.2, 0) is 0 Å². The van der Waals surface area contributed by atoms with E-state index in [1.54, 1.807) is 56.7 Å². The second-order valence-corrected chi connectivity index (χ2v) is 8.40. The van der Waals surface area contributed by atoms with E-state index in [-0.39, 0.29) is 11.5 Å². The molecule has 35 heavy (non-hydrogen) atoms. The number of nitrogens with zero attached hydrogens (tertiary/aromatic N) is 3. The monoisotopic (exact) mass is 484 g/mol. The summed E-state index contributed by atoms with van der Waals surface area (Å²) in [6.07, 6.45) is 1.49. The number of para-hydroxylation sites is 1. The molecule has 0 fully saturated rings. The highest BCUT2D eigenvalue weighted by Gasteiger charge is 2.14. The van der Waals surface area contributed by atoms with Gasteiger partial charge in [-0.15, -0.1) is 11.3 Å². The molecule has 9 heteroatoms. The van der Waals surface area contributed by atoms with Crippen molar-refractivity contribution in [2.24, 2.45) is 0 Å². The van der Waals surface area contributed by atoms with Crippen LogP contribution in [0.2, 0.25) is 0 Å². The number of anilines is 1. The number of carbonyl (C=O) groups is 1. The molecule has 0 saturated heterocycles. The molecule has 8 nitrogen and oxygen atoms in total. The van der Waals surface area contributed by atoms with Crippen LogP contribution in [0, 0.1) is 0 Å². The van der Waals surface area contributed by atoms with E-state index in [0.717, 1.165) is 5.56 Å². The summed E-state index contributed by atoms with van der Waals surface area (Å²) in [4.78, 5) is 34.5. The lowest BCUT2D eigenvalue weighted by Crippen LogP contribution is -2.19. The standard InChI is InChI=1S/C26H20N4O4S/c1-33-18-11-12-23(34-2)20(13-18)22-14-35-26(28-22)29-24(31)16-7-9-17(10-8-16)30-15-27-21-6-4-3-5-19(21)25(30)32/h3-15H,1-2H3,(H,28,29,31). The molecule has 3 aromatic carbocycles. The number of thiazole rings is 1. The Morgan fingerprint density at radius 3 is 2.57 bits per heavy atom. The van der Waals surface area contributed by atoms with Crippen molar-refractivity contribution in [2.75, 3.05) is 19.5 Å². The SMILES string of the molecule is COc1ccc(OC)c(-c2csc(NC(=O)c3ccc(-n4cnc5ccccc5c4=O)cc3)n2)c1. The van der Waals surface area contributed by atoms with Crippen LogP contribution < -0.4 is 20.3 Å². The van der Waals surface area contributed by atoms with E-state index in [1.807, 2.05) is 29.6 Å². The number of ether oxygens (including phenoxy) is 2. The van der Waals surface area contributed by atoms with Crippen LogP contribution in [0.3, 0.4) is 0 Å². The Balaban J connectivity index is 1.35. The topological polar surface area (TPSA) is 95.3 Å². The summed E-state index contributed by atoms with van der Waals surface area (Å²) in [5.41, 5.74) is 2.95. The average molecular weight is 485 g/mol. The van der Waals surface area contributed by atoms with Crippen molar-refractivity contribution in [3.05, 3.63) is 94.4 Å². The summed E-state index contributed by atoms with van der Waals surface area (Å²) in [6.45, 7) is 0. The fourth-order valence-corrected chi connectivity index (χ4v) is 4.37. The third-order valence-corrected chi connectivity index (χ3v) is 6.24. The molecule has 0 atom stereocenters. The van der Waals surface area contributed by atoms with Gasteiger partial charge in [0.05, 0.1) is 36.5 Å². The molecule has 0 aliphatic rings. The predicted octanol–water partition coefficient (Wildman–Crippen LogP) is 4.78. The van der Waals surface area contributed by atoms with Crippen LogP contribution in [0.15, 0.2) is 83.2 Å². The maximum atomic E-state index is 12.8. The molecule has 0 saturated carbocycles. The van der Waals surface area contributed by atoms with Crippen molar-refractivity contribution < 1.29 is 14.3 Å². The highest BCUT2D eigenvalue weighted by atomic mass is 32.1. The Bertz CT molecular complexity index is 1590. The van der Waals surface area contributed by atoms with Gasteiger partial charge in [-0.2, -0.15) is 0 Å². The summed E-state index contributed by atoms with van der Waals surface area (Å²) < 4.78 is 12.2. The molecule has 0 aliphatic carbocycles. The molecule has 5 aromatic rings. The minimum absolute atomic E-state index is 0.170. The van der Waals surface area contributed by atoms with Gasteiger partial charge in [0, 0.05) is 16.5 Å². The molecule has 0 radical (unpaired) electrons. The number of hydrogen-bond donors (Lipinski definition) is 1. The lowest BCUT2D eigenvalue weighted by atomic mass is 10.1. The third-order valence-electron chi connectivity index (χ3n) is 5.48. The minimum atomic E-state index is -0.306. The first-order valence-electron chi connectivity index (χ1n) is 10.6. The van der Waals surface area contributed by atoms with Crippen molar-refractivity contribution in [2.45, 2.75) is 0 Å². The van der Waals surface area contributed by atoms with Crippen molar-refractivity contribution in [1.29, 1.82) is 0 Å². The smallest absolute Gasteiger partial charge is 0.265 e. The number of methoxy groups -OCH3 is 2. The van der Waals surface area contributed by atoms with E-state index >= 15 is 0 Å². The molecular formula is C26H20N4O4S. The quantitative estimate of drug-likeness (QED) is 0.373. The third kappa shape index (κ3) is 4.36. The van der Waals surface area contributed by atoms with Gasteiger partial charge in [0.2, 0.25) is 0 Å². The van der Waals surface area contributed by atoms with Gasteiger partial charge in [0.15, 0.2) is 5.13 Å². The Labute approximate surface area is 204 Å². The zero-order valence-corrected chi connectivity index (χ0v) is 19.7. The first-order valence-corrected chi connectivity index (χ1v) is 11.5. The van der Waals surface area contributed by atoms with Gasteiger partial charge in [0.1, 0.15) is 17.8 Å². The van der Waals surface area contributed by atoms with E-state index < -0.39 is 0 Å². The van der Waals surface area contributed by atoms with Gasteiger partial charge >= 0.3 is 0 Å². The summed E-state index contributed by atoms with van der Waals surface area (Å²) in [6, 6.07) is 19.4. The maximum absolute atomic E-state index is 12.8. The zero-order chi connectivity index (χ0) is 24.4. The molecule has 0 bridgehead atoms. The largest absolute Gasteiger partial charge is 0.497 e. The number of benzene rings is 3. The number of rotatable bonds is 6. The van der Waals surface area contributed by atoms with Crippen LogP contribution >= 0.6 is 11.3 Å². The van der Waals surface area contributed by atoms with E-state index in [9.17, 15) is 9.59 Å². The number of aromatic nitrogens is 3. The van der Waals surface area contributed by atoms with Gasteiger partial charge in [0.25, 0.3) is 11.5 Å². The summed E-state index contributed by atoms with van der Waals surface area (Å²) in [7, 11) is 3.18. The molecule has 1 N–H and O–H groups in total. The molecule has 1 amide bonds. The second-order valence-electron chi connectivity index (χ2n) is 7.54. The zero-order valence-electron chi connectivity index (χ0n) is 18.9. The number of fused-ring (bicyclic) bond motifs is 1. The molecule has 0 aliphatic heterocycles. The number of hydrogen-bond acceptors (Lipinski definition) is 7. The van der Waals surface area contributed by atoms with Crippen molar-refractivity contribution in [3.8, 4) is 28.4 Å². The van der Waals surface area contributed by atoms with E-state index in [1.165, 1.54) is 22.2 Å². The Morgan fingerprint density at radius 2 is 1.80 bits per heavy atom. The van der Waals surface area contributed by atoms with Gasteiger partial charge in [-0.3, -0.25) is 19.5 Å². The molecule has 2 aromatic heterocycles. The van der Waals surface area contributed by atoms with E-state index in [0.29, 0.717) is 44.5 Å². The Kier molecular flexibility index (Phi) is 5.99. The first-order chi connectivity index (χ1) is 17.1. The molecule has 174 valence electrons. The highest BCUT2D eigenvalue weighted by Crippen LogP contribution is 2.35. The van der Waals surface area contributed by atoms with Crippen LogP contribution in [0.1, 0.15) is 10.4 Å². The number of carbonyl (C=O) groups excluding carboxylic acids is 1. The molecule has 0 unspecified atom stereocenters. The van der Waals surface area contributed by atoms with E-state index in [2.05, 4.69) is 15.3 Å². The summed E-state index contributed by atoms with van der Waals surface area (Å²) in [5, 5.41) is 5.65. The molecule has 5 rings (SSSR count). The summed E-state index contributed by atoms with van der Waals surface area (Å²) in [5.74, 6) is 1.03. The molecule has 0 spiro atoms. The molecule has 2 heterocycles. The second kappa shape index (κ2) is 9.40. The van der Waals surface area contributed by atoms with Crippen LogP contribution in [0.25, 0.3) is 27.8 Å². The first kappa shape index (κ1) is 22.3. The van der Waals surface area contributed by atoms with Crippen LogP contribution in [-0.4, -0.2) is 34.7 Å². The average Bonchev–Trinajstić information content (AvgIpc) is 3.37. The Morgan fingerprint density at radius 1 is 1.00 bits per heavy atom. The predicted molar refractivity (Wildman–Crippen MR) is 136 cm³/mol. The minimum Gasteiger partial charge on any atom is -0.497 e. The Hall–Kier alpha value is -4.50. The van der Waals surface area contributed by atoms with Gasteiger partial charge in [-0.25, -0.2) is 9.97 Å². The lowest BCUT2D eigenvalue weighted by Gasteiger charge is -2.08. The molecular weight excluding hydrogens is 464 g/mol. The lowest BCUT2D eigenvalue weighted by molar-refractivity contribution is 0.102. The van der Waals surface area contributed by atoms with Crippen molar-refractivity contribution in [3.63, 3.8) is 0 Å². The van der Waals surface area contributed by atoms with Crippen molar-refractivity contribution in [1.82, 2.24) is 14.5 Å². The van der Waals surface area contributed by atoms with Crippen molar-refractivity contribution >= 4 is 33.3 Å². The van der Waals surface area contributed by atoms with Gasteiger partial charge in [-0.1, -0.05) is 12.1 Å². The van der Waals surface area contributed by atoms with Crippen LogP contribution in [0.4, 0.5) is 5.13 Å². The normalized spacial score (nSPS) is 10.8. The van der Waals surface area contributed by atoms with Gasteiger partial charge in [-0.05, 0) is 54.6 Å². The van der Waals surface area contributed by atoms with Gasteiger partial charge < -0.3 is 9.47 Å².